The molecule has 3 rings (SSSR count). The monoisotopic (exact) mass is 463 g/mol. The number of thiol groups is 1. The standard InChI is InChI=1S/C26H29N3O3S/c1-27-18-24(31)28-22(25(32)33)17-23(30)29-26(19-11-5-2-6-12-19,20-13-7-3-8-14-20)21-15-9-4-10-16-21/h2-3,5-9,11-16,22,27H,4,10,17-18H2,1H3,(H,28,31)(H,29,30)(H,32,33). The van der Waals surface area contributed by atoms with E-state index < -0.39 is 16.7 Å². The Morgan fingerprint density at radius 3 is 2.03 bits per heavy atom. The Balaban J connectivity index is 2.02. The third-order valence-corrected chi connectivity index (χ3v) is 5.84. The third-order valence-electron chi connectivity index (χ3n) is 5.53. The summed E-state index contributed by atoms with van der Waals surface area (Å²) in [5, 5.41) is 7.94. The van der Waals surface area contributed by atoms with Crippen LogP contribution in [0.25, 0.3) is 0 Å². The van der Waals surface area contributed by atoms with Crippen molar-refractivity contribution in [2.75, 3.05) is 13.6 Å². The fourth-order valence-corrected chi connectivity index (χ4v) is 4.19. The van der Waals surface area contributed by atoms with Crippen molar-refractivity contribution in [1.82, 2.24) is 16.0 Å². The number of hydrogen-bond acceptors (Lipinski definition) is 4. The SMILES string of the molecule is CNCC(=O)NC(CC(=O)NC(C1=CCCC=C1)(c1ccccc1)c1ccccc1)C(=O)S. The molecule has 2 amide bonds. The summed E-state index contributed by atoms with van der Waals surface area (Å²) in [6, 6.07) is 18.5. The molecule has 33 heavy (non-hydrogen) atoms. The highest BCUT2D eigenvalue weighted by atomic mass is 32.1. The van der Waals surface area contributed by atoms with Crippen LogP contribution in [0.2, 0.25) is 0 Å². The van der Waals surface area contributed by atoms with E-state index in [1.807, 2.05) is 66.7 Å². The van der Waals surface area contributed by atoms with Crippen molar-refractivity contribution in [3.05, 3.63) is 95.6 Å². The van der Waals surface area contributed by atoms with E-state index in [2.05, 4.69) is 40.7 Å². The minimum absolute atomic E-state index is 0.0365. The van der Waals surface area contributed by atoms with Crippen LogP contribution in [0.1, 0.15) is 30.4 Å². The van der Waals surface area contributed by atoms with Crippen LogP contribution in [0.4, 0.5) is 0 Å². The van der Waals surface area contributed by atoms with Crippen LogP contribution in [0.5, 0.6) is 0 Å². The maximum absolute atomic E-state index is 13.4. The van der Waals surface area contributed by atoms with Gasteiger partial charge in [-0.05, 0) is 36.6 Å². The summed E-state index contributed by atoms with van der Waals surface area (Å²) < 4.78 is 0. The number of nitrogens with one attached hydrogen (secondary N) is 3. The van der Waals surface area contributed by atoms with Gasteiger partial charge in [-0.2, -0.15) is 0 Å². The van der Waals surface area contributed by atoms with Gasteiger partial charge < -0.3 is 16.0 Å². The molecule has 6 nitrogen and oxygen atoms in total. The molecule has 1 aliphatic carbocycles. The third kappa shape index (κ3) is 6.00. The summed E-state index contributed by atoms with van der Waals surface area (Å²) in [5.41, 5.74) is 1.80. The highest BCUT2D eigenvalue weighted by Crippen LogP contribution is 2.39. The molecular weight excluding hydrogens is 434 g/mol. The number of likely N-dealkylation sites (N-methyl/N-ethyl adjacent to an activating group) is 1. The van der Waals surface area contributed by atoms with Crippen molar-refractivity contribution in [2.45, 2.75) is 30.8 Å². The lowest BCUT2D eigenvalue weighted by Crippen LogP contribution is -2.51. The van der Waals surface area contributed by atoms with E-state index in [4.69, 9.17) is 0 Å². The van der Waals surface area contributed by atoms with Crippen LogP contribution in [0, 0.1) is 0 Å². The second-order valence-corrected chi connectivity index (χ2v) is 8.30. The lowest BCUT2D eigenvalue weighted by molar-refractivity contribution is -0.127. The summed E-state index contributed by atoms with van der Waals surface area (Å²) in [6.07, 6.45) is 7.85. The molecule has 1 unspecified atom stereocenters. The topological polar surface area (TPSA) is 87.3 Å². The zero-order valence-corrected chi connectivity index (χ0v) is 19.5. The van der Waals surface area contributed by atoms with E-state index in [-0.39, 0.29) is 24.8 Å². The first-order chi connectivity index (χ1) is 16.0. The first-order valence-corrected chi connectivity index (χ1v) is 11.4. The molecule has 2 aromatic carbocycles. The van der Waals surface area contributed by atoms with Crippen LogP contribution >= 0.6 is 12.6 Å². The van der Waals surface area contributed by atoms with Gasteiger partial charge in [-0.3, -0.25) is 14.4 Å². The fourth-order valence-electron chi connectivity index (χ4n) is 4.04. The lowest BCUT2D eigenvalue weighted by Gasteiger charge is -2.38. The first kappa shape index (κ1) is 24.5. The largest absolute Gasteiger partial charge is 0.344 e. The quantitative estimate of drug-likeness (QED) is 0.408. The van der Waals surface area contributed by atoms with E-state index in [1.54, 1.807) is 7.05 Å². The highest BCUT2D eigenvalue weighted by molar-refractivity contribution is 7.96. The number of allylic oxidation sites excluding steroid dienone is 2. The number of amides is 2. The summed E-state index contributed by atoms with van der Waals surface area (Å²) >= 11 is 3.89. The number of rotatable bonds is 10. The second kappa shape index (κ2) is 11.6. The molecule has 172 valence electrons. The molecular formula is C26H29N3O3S. The maximum Gasteiger partial charge on any atom is 0.234 e. The van der Waals surface area contributed by atoms with E-state index in [0.29, 0.717) is 0 Å². The van der Waals surface area contributed by atoms with Crippen LogP contribution in [0.15, 0.2) is 84.5 Å². The number of carbonyl (C=O) groups is 3. The van der Waals surface area contributed by atoms with E-state index in [1.165, 1.54) is 0 Å². The van der Waals surface area contributed by atoms with Crippen molar-refractivity contribution in [3.8, 4) is 0 Å². The first-order valence-electron chi connectivity index (χ1n) is 10.9. The predicted octanol–water partition coefficient (Wildman–Crippen LogP) is 2.87. The smallest absolute Gasteiger partial charge is 0.234 e. The lowest BCUT2D eigenvalue weighted by atomic mass is 9.75. The molecule has 1 atom stereocenters. The van der Waals surface area contributed by atoms with E-state index in [9.17, 15) is 14.4 Å². The van der Waals surface area contributed by atoms with Gasteiger partial charge in [0, 0.05) is 0 Å². The molecule has 0 radical (unpaired) electrons. The van der Waals surface area contributed by atoms with Gasteiger partial charge in [0.05, 0.1) is 13.0 Å². The Labute approximate surface area is 200 Å². The summed E-state index contributed by atoms with van der Waals surface area (Å²) in [6.45, 7) is 0.0365. The molecule has 3 N–H and O–H groups in total. The average molecular weight is 464 g/mol. The Hall–Kier alpha value is -3.16. The summed E-state index contributed by atoms with van der Waals surface area (Å²) in [7, 11) is 1.63. The minimum Gasteiger partial charge on any atom is -0.344 e. The molecule has 0 heterocycles. The molecule has 0 saturated carbocycles. The Morgan fingerprint density at radius 1 is 0.939 bits per heavy atom. The summed E-state index contributed by atoms with van der Waals surface area (Å²) in [4.78, 5) is 37.4. The van der Waals surface area contributed by atoms with E-state index >= 15 is 0 Å². The molecule has 0 aromatic heterocycles. The average Bonchev–Trinajstić information content (AvgIpc) is 2.84. The molecule has 1 aliphatic rings. The van der Waals surface area contributed by atoms with Crippen molar-refractivity contribution >= 4 is 29.6 Å². The molecule has 7 heteroatoms. The van der Waals surface area contributed by atoms with Gasteiger partial charge in [-0.15, -0.1) is 12.6 Å². The molecule has 2 aromatic rings. The van der Waals surface area contributed by atoms with Crippen LogP contribution in [0.3, 0.4) is 0 Å². The molecule has 0 bridgehead atoms. The molecule has 0 saturated heterocycles. The van der Waals surface area contributed by atoms with Crippen LogP contribution in [-0.2, 0) is 19.9 Å². The Bertz CT molecular complexity index is 996. The van der Waals surface area contributed by atoms with E-state index in [0.717, 1.165) is 29.5 Å². The zero-order chi connectivity index (χ0) is 23.7. The van der Waals surface area contributed by atoms with Gasteiger partial charge >= 0.3 is 0 Å². The Kier molecular flexibility index (Phi) is 8.63. The van der Waals surface area contributed by atoms with Crippen molar-refractivity contribution in [2.24, 2.45) is 0 Å². The maximum atomic E-state index is 13.4. The molecule has 0 fully saturated rings. The normalized spacial score (nSPS) is 14.2. The number of benzene rings is 2. The van der Waals surface area contributed by atoms with Crippen LogP contribution in [-0.4, -0.2) is 36.6 Å². The molecule has 0 spiro atoms. The minimum atomic E-state index is -1.03. The summed E-state index contributed by atoms with van der Waals surface area (Å²) in [5.74, 6) is -0.757. The Morgan fingerprint density at radius 2 is 1.55 bits per heavy atom. The predicted molar refractivity (Wildman–Crippen MR) is 133 cm³/mol. The van der Waals surface area contributed by atoms with Gasteiger partial charge in [0.2, 0.25) is 16.9 Å². The highest BCUT2D eigenvalue weighted by Gasteiger charge is 2.39. The van der Waals surface area contributed by atoms with Gasteiger partial charge in [-0.25, -0.2) is 0 Å². The number of hydrogen-bond donors (Lipinski definition) is 4. The van der Waals surface area contributed by atoms with Gasteiger partial charge in [0.15, 0.2) is 0 Å². The molecule has 0 aliphatic heterocycles. The van der Waals surface area contributed by atoms with Crippen molar-refractivity contribution in [3.63, 3.8) is 0 Å². The second-order valence-electron chi connectivity index (χ2n) is 7.86. The van der Waals surface area contributed by atoms with Crippen LogP contribution < -0.4 is 16.0 Å². The van der Waals surface area contributed by atoms with Gasteiger partial charge in [-0.1, -0.05) is 78.9 Å². The fraction of sp³-hybridized carbons (Fsp3) is 0.269. The number of carbonyl (C=O) groups excluding carboxylic acids is 3. The van der Waals surface area contributed by atoms with Gasteiger partial charge in [0.1, 0.15) is 11.6 Å². The van der Waals surface area contributed by atoms with Crippen molar-refractivity contribution < 1.29 is 14.4 Å². The van der Waals surface area contributed by atoms with Gasteiger partial charge in [0.25, 0.3) is 0 Å². The van der Waals surface area contributed by atoms with Crippen molar-refractivity contribution in [1.29, 1.82) is 0 Å². The zero-order valence-electron chi connectivity index (χ0n) is 18.6.